The molecule has 0 aromatic heterocycles. The highest BCUT2D eigenvalue weighted by Crippen LogP contribution is 2.26. The van der Waals surface area contributed by atoms with Gasteiger partial charge < -0.3 is 10.8 Å². The minimum Gasteiger partial charge on any atom is -0.391 e. The Morgan fingerprint density at radius 3 is 2.44 bits per heavy atom. The van der Waals surface area contributed by atoms with E-state index in [0.29, 0.717) is 10.0 Å². The number of benzene rings is 1. The zero-order chi connectivity index (χ0) is 11.6. The van der Waals surface area contributed by atoms with Gasteiger partial charge in [0.2, 0.25) is 0 Å². The van der Waals surface area contributed by atoms with Gasteiger partial charge >= 0.3 is 0 Å². The number of nitrogens with two attached hydrogens (primary N) is 1. The zero-order valence-electron chi connectivity index (χ0n) is 9.15. The molecule has 3 N–H and O–H groups in total. The lowest BCUT2D eigenvalue weighted by Gasteiger charge is -2.23. The van der Waals surface area contributed by atoms with Crippen LogP contribution >= 0.6 is 28.3 Å². The maximum atomic E-state index is 13.6. The van der Waals surface area contributed by atoms with Crippen LogP contribution in [0, 0.1) is 11.7 Å². The Hall–Kier alpha value is -0.160. The van der Waals surface area contributed by atoms with E-state index in [-0.39, 0.29) is 18.3 Å². The van der Waals surface area contributed by atoms with E-state index in [0.717, 1.165) is 0 Å². The predicted octanol–water partition coefficient (Wildman–Crippen LogP) is 3.03. The van der Waals surface area contributed by atoms with Gasteiger partial charge in [-0.1, -0.05) is 26.0 Å². The molecule has 1 aromatic carbocycles. The molecule has 0 radical (unpaired) electrons. The molecule has 0 aliphatic carbocycles. The topological polar surface area (TPSA) is 46.2 Å². The van der Waals surface area contributed by atoms with Crippen LogP contribution in [0.4, 0.5) is 4.39 Å². The van der Waals surface area contributed by atoms with Crippen molar-refractivity contribution in [1.82, 2.24) is 0 Å². The van der Waals surface area contributed by atoms with Gasteiger partial charge in [0.05, 0.1) is 16.6 Å². The first-order valence-electron chi connectivity index (χ1n) is 4.82. The van der Waals surface area contributed by atoms with Gasteiger partial charge in [-0.05, 0) is 27.9 Å². The fraction of sp³-hybridized carbons (Fsp3) is 0.455. The molecule has 0 saturated heterocycles. The van der Waals surface area contributed by atoms with Crippen LogP contribution in [0.1, 0.15) is 25.5 Å². The largest absolute Gasteiger partial charge is 0.391 e. The van der Waals surface area contributed by atoms with Crippen molar-refractivity contribution in [2.45, 2.75) is 26.0 Å². The maximum absolute atomic E-state index is 13.6. The van der Waals surface area contributed by atoms with Crippen LogP contribution in [-0.4, -0.2) is 11.2 Å². The second kappa shape index (κ2) is 6.55. The quantitative estimate of drug-likeness (QED) is 0.901. The lowest BCUT2D eigenvalue weighted by molar-refractivity contribution is 0.0966. The fourth-order valence-electron chi connectivity index (χ4n) is 1.38. The molecule has 1 aromatic rings. The molecule has 0 aliphatic heterocycles. The van der Waals surface area contributed by atoms with Crippen molar-refractivity contribution in [1.29, 1.82) is 0 Å². The van der Waals surface area contributed by atoms with Crippen molar-refractivity contribution in [3.8, 4) is 0 Å². The van der Waals surface area contributed by atoms with Gasteiger partial charge in [-0.3, -0.25) is 0 Å². The number of rotatable bonds is 3. The molecule has 0 spiro atoms. The smallest absolute Gasteiger partial charge is 0.142 e. The second-order valence-electron chi connectivity index (χ2n) is 3.90. The molecule has 16 heavy (non-hydrogen) atoms. The Morgan fingerprint density at radius 1 is 1.38 bits per heavy atom. The van der Waals surface area contributed by atoms with Crippen molar-refractivity contribution in [3.63, 3.8) is 0 Å². The number of aliphatic hydroxyl groups is 1. The van der Waals surface area contributed by atoms with Gasteiger partial charge in [-0.25, -0.2) is 4.39 Å². The van der Waals surface area contributed by atoms with E-state index in [9.17, 15) is 9.50 Å². The van der Waals surface area contributed by atoms with E-state index in [1.807, 2.05) is 13.8 Å². The van der Waals surface area contributed by atoms with Gasteiger partial charge in [-0.2, -0.15) is 0 Å². The van der Waals surface area contributed by atoms with Gasteiger partial charge in [0, 0.05) is 5.56 Å². The first-order chi connectivity index (χ1) is 6.95. The summed E-state index contributed by atoms with van der Waals surface area (Å²) >= 11 is 3.09. The number of aliphatic hydroxyl groups excluding tert-OH is 1. The molecule has 0 unspecified atom stereocenters. The maximum Gasteiger partial charge on any atom is 0.142 e. The minimum absolute atomic E-state index is 0. The molecule has 0 bridgehead atoms. The molecule has 0 fully saturated rings. The summed E-state index contributed by atoms with van der Waals surface area (Å²) in [5.41, 5.74) is 6.14. The summed E-state index contributed by atoms with van der Waals surface area (Å²) in [5.74, 6) is -0.400. The van der Waals surface area contributed by atoms with Crippen LogP contribution in [0.15, 0.2) is 22.7 Å². The van der Waals surface area contributed by atoms with Crippen molar-refractivity contribution < 1.29 is 9.50 Å². The zero-order valence-corrected chi connectivity index (χ0v) is 11.6. The summed E-state index contributed by atoms with van der Waals surface area (Å²) in [7, 11) is 0. The third kappa shape index (κ3) is 3.42. The van der Waals surface area contributed by atoms with Crippen LogP contribution in [-0.2, 0) is 0 Å². The molecule has 1 rings (SSSR count). The third-order valence-corrected chi connectivity index (χ3v) is 3.00. The summed E-state index contributed by atoms with van der Waals surface area (Å²) in [4.78, 5) is 0. The molecule has 0 amide bonds. The van der Waals surface area contributed by atoms with Gasteiger partial charge in [0.15, 0.2) is 0 Å². The van der Waals surface area contributed by atoms with Gasteiger partial charge in [0.25, 0.3) is 0 Å². The Balaban J connectivity index is 0.00000225. The minimum atomic E-state index is -0.742. The van der Waals surface area contributed by atoms with Crippen molar-refractivity contribution in [2.75, 3.05) is 0 Å². The van der Waals surface area contributed by atoms with Crippen molar-refractivity contribution >= 4 is 28.3 Å². The average molecular weight is 313 g/mol. The average Bonchev–Trinajstić information content (AvgIpc) is 2.20. The third-order valence-electron chi connectivity index (χ3n) is 2.39. The summed E-state index contributed by atoms with van der Waals surface area (Å²) < 4.78 is 14.0. The van der Waals surface area contributed by atoms with E-state index in [1.165, 1.54) is 0 Å². The van der Waals surface area contributed by atoms with E-state index < -0.39 is 18.0 Å². The molecule has 0 aliphatic rings. The Morgan fingerprint density at radius 2 is 1.94 bits per heavy atom. The van der Waals surface area contributed by atoms with Crippen LogP contribution in [0.5, 0.6) is 0 Å². The lowest BCUT2D eigenvalue weighted by Crippen LogP contribution is -2.31. The molecular weight excluding hydrogens is 296 g/mol. The molecule has 0 heterocycles. The highest BCUT2D eigenvalue weighted by atomic mass is 79.9. The molecule has 2 atom stereocenters. The molecule has 0 saturated carbocycles. The van der Waals surface area contributed by atoms with E-state index in [4.69, 9.17) is 5.73 Å². The second-order valence-corrected chi connectivity index (χ2v) is 4.76. The standard InChI is InChI=1S/C11H15BrFNO.ClH/c1-6(2)11(15)10(14)7-4-3-5-8(12)9(7)13;/h3-6,10-11,15H,14H2,1-2H3;1H/t10-,11+;/m0./s1. The lowest BCUT2D eigenvalue weighted by atomic mass is 9.94. The highest BCUT2D eigenvalue weighted by molar-refractivity contribution is 9.10. The summed E-state index contributed by atoms with van der Waals surface area (Å²) in [6.45, 7) is 3.70. The fourth-order valence-corrected chi connectivity index (χ4v) is 1.76. The predicted molar refractivity (Wildman–Crippen MR) is 69.1 cm³/mol. The normalized spacial score (nSPS) is 14.4. The van der Waals surface area contributed by atoms with Gasteiger partial charge in [-0.15, -0.1) is 12.4 Å². The molecular formula is C11H16BrClFNO. The van der Waals surface area contributed by atoms with E-state index in [2.05, 4.69) is 15.9 Å². The number of halogens is 3. The van der Waals surface area contributed by atoms with Crippen molar-refractivity contribution in [2.24, 2.45) is 11.7 Å². The van der Waals surface area contributed by atoms with Crippen molar-refractivity contribution in [3.05, 3.63) is 34.1 Å². The SMILES string of the molecule is CC(C)[C@@H](O)[C@@H](N)c1cccc(Br)c1F.Cl. The Kier molecular flexibility index (Phi) is 6.48. The molecule has 92 valence electrons. The van der Waals surface area contributed by atoms with Gasteiger partial charge in [0.1, 0.15) is 5.82 Å². The van der Waals surface area contributed by atoms with E-state index >= 15 is 0 Å². The van der Waals surface area contributed by atoms with Crippen LogP contribution in [0.3, 0.4) is 0 Å². The van der Waals surface area contributed by atoms with Crippen LogP contribution < -0.4 is 5.73 Å². The Bertz CT molecular complexity index is 349. The summed E-state index contributed by atoms with van der Waals surface area (Å²) in [6.07, 6.45) is -0.742. The van der Waals surface area contributed by atoms with Crippen LogP contribution in [0.25, 0.3) is 0 Å². The number of hydrogen-bond donors (Lipinski definition) is 2. The van der Waals surface area contributed by atoms with Crippen LogP contribution in [0.2, 0.25) is 0 Å². The number of hydrogen-bond acceptors (Lipinski definition) is 2. The highest BCUT2D eigenvalue weighted by Gasteiger charge is 2.23. The molecule has 5 heteroatoms. The van der Waals surface area contributed by atoms with E-state index in [1.54, 1.807) is 18.2 Å². The Labute approximate surface area is 110 Å². The first-order valence-corrected chi connectivity index (χ1v) is 5.62. The summed E-state index contributed by atoms with van der Waals surface area (Å²) in [6, 6.07) is 4.21. The monoisotopic (exact) mass is 311 g/mol. The first kappa shape index (κ1) is 15.8. The molecule has 2 nitrogen and oxygen atoms in total. The summed E-state index contributed by atoms with van der Waals surface area (Å²) in [5, 5.41) is 9.76.